The Morgan fingerprint density at radius 1 is 0.333 bits per heavy atom. The number of aryl methyl sites for hydroxylation is 12. The molecule has 0 amide bonds. The molecule has 9 aromatic rings. The van der Waals surface area contributed by atoms with Gasteiger partial charge in [0.15, 0.2) is 0 Å². The lowest BCUT2D eigenvalue weighted by Gasteiger charge is -2.37. The largest absolute Gasteiger partial charge is 0.492 e. The summed E-state index contributed by atoms with van der Waals surface area (Å²) in [5.74, 6) is 1.14. The topological polar surface area (TPSA) is 18.5 Å². The molecule has 0 saturated carbocycles. The molecule has 0 spiro atoms. The number of ether oxygens (including phenoxy) is 2. The van der Waals surface area contributed by atoms with E-state index in [-0.39, 0.29) is 17.8 Å². The Morgan fingerprint density at radius 2 is 0.726 bits per heavy atom. The summed E-state index contributed by atoms with van der Waals surface area (Å²) in [6, 6.07) is 51.0. The fraction of sp³-hybridized carbons (Fsp3) is 0.341. The van der Waals surface area contributed by atoms with E-state index in [1.54, 1.807) is 0 Å². The molecule has 9 aromatic carbocycles. The lowest BCUT2D eigenvalue weighted by Crippen LogP contribution is -2.34. The molecule has 4 unspecified atom stereocenters. The number of benzene rings is 9. The smallest absolute Gasteiger partial charge is 0.149 e. The molecule has 0 heterocycles. The summed E-state index contributed by atoms with van der Waals surface area (Å²) >= 11 is 0. The van der Waals surface area contributed by atoms with Crippen molar-refractivity contribution in [2.75, 3.05) is 13.2 Å². The first-order chi connectivity index (χ1) is 40.6. The van der Waals surface area contributed by atoms with Gasteiger partial charge in [-0.1, -0.05) is 172 Å². The molecule has 0 N–H and O–H groups in total. The Morgan fingerprint density at radius 3 is 1.21 bits per heavy atom. The molecule has 84 heavy (non-hydrogen) atoms. The minimum Gasteiger partial charge on any atom is -0.492 e. The number of unbranched alkanes of at least 4 members (excludes halogenated alkanes) is 6. The molecule has 0 fully saturated rings. The molecule has 426 valence electrons. The first kappa shape index (κ1) is 55.9. The summed E-state index contributed by atoms with van der Waals surface area (Å²) < 4.78 is 16.2. The van der Waals surface area contributed by atoms with Crippen molar-refractivity contribution in [3.05, 3.63) is 261 Å². The maximum atomic E-state index is 8.23. The van der Waals surface area contributed by atoms with Crippen LogP contribution in [0, 0.1) is 83.1 Å². The second-order valence-corrected chi connectivity index (χ2v) is 26.3. The predicted molar refractivity (Wildman–Crippen MR) is 353 cm³/mol. The van der Waals surface area contributed by atoms with Crippen LogP contribution in [0.1, 0.15) is 216 Å². The van der Waals surface area contributed by atoms with Crippen LogP contribution < -0.4 is 4.74 Å². The first-order valence-electron chi connectivity index (χ1n) is 31.9. The van der Waals surface area contributed by atoms with Crippen LogP contribution in [0.15, 0.2) is 127 Å². The molecule has 4 aliphatic rings. The number of hydrogen-bond acceptors (Lipinski definition) is 2. The van der Waals surface area contributed by atoms with Crippen LogP contribution in [-0.2, 0) is 10.3 Å². The summed E-state index contributed by atoms with van der Waals surface area (Å²) in [6.45, 7) is 33.6. The molecule has 0 aromatic heterocycles. The zero-order chi connectivity index (χ0) is 58.6. The lowest BCUT2D eigenvalue weighted by atomic mass is 9.76. The summed E-state index contributed by atoms with van der Waals surface area (Å²) in [4.78, 5) is 0. The molecule has 4 atom stereocenters. The quantitative estimate of drug-likeness (QED) is 0.0898. The lowest BCUT2D eigenvalue weighted by molar-refractivity contribution is 0.0112. The van der Waals surface area contributed by atoms with Crippen LogP contribution in [0.25, 0.3) is 44.5 Å². The maximum Gasteiger partial charge on any atom is 0.149 e. The Balaban J connectivity index is 1.19. The fourth-order valence-electron chi connectivity index (χ4n) is 17.2. The Labute approximate surface area is 502 Å². The fourth-order valence-corrected chi connectivity index (χ4v) is 17.2. The zero-order valence-corrected chi connectivity index (χ0v) is 52.7. The van der Waals surface area contributed by atoms with Gasteiger partial charge in [-0.3, -0.25) is 0 Å². The molecule has 4 aliphatic carbocycles. The van der Waals surface area contributed by atoms with Crippen LogP contribution in [0.3, 0.4) is 0 Å². The van der Waals surface area contributed by atoms with Gasteiger partial charge in [0.05, 0.1) is 6.61 Å². The Bertz CT molecular complexity index is 4070. The molecule has 0 aliphatic heterocycles. The van der Waals surface area contributed by atoms with Crippen LogP contribution in [-0.4, -0.2) is 13.2 Å². The van der Waals surface area contributed by atoms with Crippen molar-refractivity contribution < 1.29 is 9.47 Å². The van der Waals surface area contributed by atoms with Gasteiger partial charge in [-0.05, 0) is 265 Å². The van der Waals surface area contributed by atoms with Crippen LogP contribution >= 0.6 is 0 Å². The van der Waals surface area contributed by atoms with Gasteiger partial charge in [-0.2, -0.15) is 0 Å². The first-order valence-corrected chi connectivity index (χ1v) is 31.9. The van der Waals surface area contributed by atoms with Crippen molar-refractivity contribution in [1.29, 1.82) is 0 Å². The van der Waals surface area contributed by atoms with Crippen molar-refractivity contribution >= 4 is 0 Å². The second kappa shape index (κ2) is 21.7. The van der Waals surface area contributed by atoms with Gasteiger partial charge in [0, 0.05) is 41.1 Å². The molecule has 2 nitrogen and oxygen atoms in total. The van der Waals surface area contributed by atoms with Crippen molar-refractivity contribution in [2.24, 2.45) is 0 Å². The SMILES string of the molecule is CCCCCCOc1c2c(cc3c1C(OCCCCCC)(c1c(C)cc(C)cc1C)c1cc4c(cc1-3)C(c1c(C)cc(C)cc1C)c1ccccc1-4)C(c1c(C)cc(C)cc1C)c1cc3c(cc1-2)C(c1c(C)cc(C)cc1C)c1ccccc1-3. The van der Waals surface area contributed by atoms with E-state index in [4.69, 9.17) is 9.47 Å². The summed E-state index contributed by atoms with van der Waals surface area (Å²) in [6.07, 6.45) is 8.91. The third-order valence-corrected chi connectivity index (χ3v) is 20.1. The van der Waals surface area contributed by atoms with Gasteiger partial charge < -0.3 is 9.47 Å². The van der Waals surface area contributed by atoms with Gasteiger partial charge in [0.2, 0.25) is 0 Å². The van der Waals surface area contributed by atoms with Gasteiger partial charge in [-0.15, -0.1) is 0 Å². The van der Waals surface area contributed by atoms with E-state index in [2.05, 4.69) is 224 Å². The van der Waals surface area contributed by atoms with E-state index < -0.39 is 5.60 Å². The van der Waals surface area contributed by atoms with Gasteiger partial charge in [0.25, 0.3) is 0 Å². The third kappa shape index (κ3) is 8.73. The normalized spacial score (nSPS) is 17.4. The maximum absolute atomic E-state index is 8.23. The summed E-state index contributed by atoms with van der Waals surface area (Å²) in [5.41, 5.74) is 41.3. The third-order valence-electron chi connectivity index (χ3n) is 20.1. The van der Waals surface area contributed by atoms with E-state index in [0.717, 1.165) is 31.4 Å². The highest BCUT2D eigenvalue weighted by molar-refractivity contribution is 5.99. The minimum absolute atomic E-state index is 0.0387. The minimum atomic E-state index is -0.996. The van der Waals surface area contributed by atoms with Crippen molar-refractivity contribution in [3.63, 3.8) is 0 Å². The van der Waals surface area contributed by atoms with Crippen LogP contribution in [0.4, 0.5) is 0 Å². The Kier molecular flexibility index (Phi) is 14.4. The molecule has 0 bridgehead atoms. The van der Waals surface area contributed by atoms with Crippen LogP contribution in [0.2, 0.25) is 0 Å². The monoisotopic (exact) mass is 1100 g/mol. The van der Waals surface area contributed by atoms with Crippen molar-refractivity contribution in [3.8, 4) is 50.3 Å². The standard InChI is InChI=1S/C82H86O2/c1-15-17-19-25-31-83-81-78-68-43-66-62(58-27-21-23-29-60(58)76(66)73-52(9)35-47(4)36-53(73)10)41-67(68)77(74-54(11)37-48(5)38-55(74)12)70(78)44-69-64-42-65-63(59-28-22-24-30-61(59)75(65)72-50(7)33-46(3)34-51(72)8)45-71(64)82(80(69)81,84-32-26-20-18-16-2)79-56(13)39-49(6)40-57(79)14/h21-24,27-30,33-45,75-77H,15-20,25-26,31-32H2,1-14H3. The molecule has 0 saturated heterocycles. The highest BCUT2D eigenvalue weighted by Gasteiger charge is 2.54. The Hall–Kier alpha value is -7.26. The van der Waals surface area contributed by atoms with Crippen molar-refractivity contribution in [2.45, 2.75) is 172 Å². The molecule has 2 heteroatoms. The average molecular weight is 1100 g/mol. The van der Waals surface area contributed by atoms with Gasteiger partial charge in [-0.25, -0.2) is 0 Å². The molecule has 13 rings (SSSR count). The predicted octanol–water partition coefficient (Wildman–Crippen LogP) is 21.7. The van der Waals surface area contributed by atoms with E-state index in [0.29, 0.717) is 13.2 Å². The highest BCUT2D eigenvalue weighted by atomic mass is 16.5. The van der Waals surface area contributed by atoms with E-state index in [1.807, 2.05) is 0 Å². The summed E-state index contributed by atoms with van der Waals surface area (Å²) in [5, 5.41) is 0. The number of fused-ring (bicyclic) bond motifs is 12. The van der Waals surface area contributed by atoms with E-state index in [9.17, 15) is 0 Å². The van der Waals surface area contributed by atoms with E-state index >= 15 is 0 Å². The molecule has 0 radical (unpaired) electrons. The van der Waals surface area contributed by atoms with E-state index in [1.165, 1.54) is 204 Å². The number of hydrogen-bond donors (Lipinski definition) is 0. The van der Waals surface area contributed by atoms with Crippen LogP contribution in [0.5, 0.6) is 5.75 Å². The molecular weight excluding hydrogens is 1020 g/mol. The highest BCUT2D eigenvalue weighted by Crippen LogP contribution is 2.67. The van der Waals surface area contributed by atoms with Gasteiger partial charge >= 0.3 is 0 Å². The van der Waals surface area contributed by atoms with Crippen molar-refractivity contribution in [1.82, 2.24) is 0 Å². The summed E-state index contributed by atoms with van der Waals surface area (Å²) in [7, 11) is 0. The second-order valence-electron chi connectivity index (χ2n) is 26.3. The van der Waals surface area contributed by atoms with Gasteiger partial charge in [0.1, 0.15) is 11.4 Å². The number of rotatable bonds is 16. The average Bonchev–Trinajstić information content (AvgIpc) is 2.04. The zero-order valence-electron chi connectivity index (χ0n) is 52.7. The molecular formula is C82H86O2.